The summed E-state index contributed by atoms with van der Waals surface area (Å²) in [6, 6.07) is -1.39. The van der Waals surface area contributed by atoms with Gasteiger partial charge in [-0.05, 0) is 108 Å². The second kappa shape index (κ2) is 21.8. The Labute approximate surface area is 384 Å². The van der Waals surface area contributed by atoms with E-state index in [-0.39, 0.29) is 76.9 Å². The molecule has 1 aromatic rings. The monoisotopic (exact) mass is 943 g/mol. The molecule has 5 rings (SSSR count). The lowest BCUT2D eigenvalue weighted by Crippen LogP contribution is -2.61. The van der Waals surface area contributed by atoms with Crippen molar-refractivity contribution < 1.29 is 47.0 Å². The van der Waals surface area contributed by atoms with Gasteiger partial charge in [-0.25, -0.2) is 0 Å². The Bertz CT molecular complexity index is 1870. The van der Waals surface area contributed by atoms with Crippen molar-refractivity contribution >= 4 is 58.6 Å². The van der Waals surface area contributed by atoms with Gasteiger partial charge in [0.2, 0.25) is 35.4 Å². The molecule has 64 heavy (non-hydrogen) atoms. The molecule has 0 bridgehead atoms. The Morgan fingerprint density at radius 1 is 1.00 bits per heavy atom. The van der Waals surface area contributed by atoms with Crippen LogP contribution in [-0.4, -0.2) is 148 Å². The number of nitrogens with one attached hydrogen (secondary N) is 3. The average Bonchev–Trinajstić information content (AvgIpc) is 3.90. The van der Waals surface area contributed by atoms with Gasteiger partial charge < -0.3 is 35.8 Å². The number of amides is 6. The maximum Gasteiger partial charge on any atom is 0.403 e. The van der Waals surface area contributed by atoms with E-state index in [4.69, 9.17) is 23.2 Å². The van der Waals surface area contributed by atoms with Crippen molar-refractivity contribution in [2.24, 2.45) is 11.3 Å². The van der Waals surface area contributed by atoms with Gasteiger partial charge in [0.15, 0.2) is 0 Å². The number of halogens is 5. The van der Waals surface area contributed by atoms with E-state index in [0.29, 0.717) is 47.7 Å². The van der Waals surface area contributed by atoms with Crippen LogP contribution in [0.2, 0.25) is 10.0 Å². The van der Waals surface area contributed by atoms with Crippen molar-refractivity contribution in [2.45, 2.75) is 166 Å². The highest BCUT2D eigenvalue weighted by Crippen LogP contribution is 2.51. The first-order valence-electron chi connectivity index (χ1n) is 22.7. The van der Waals surface area contributed by atoms with Crippen LogP contribution in [0.5, 0.6) is 0 Å². The zero-order valence-electron chi connectivity index (χ0n) is 37.8. The molecule has 4 aliphatic rings. The minimum Gasteiger partial charge on any atom is -0.391 e. The molecule has 0 spiro atoms. The maximum absolute atomic E-state index is 14.7. The first kappa shape index (κ1) is 51.3. The van der Waals surface area contributed by atoms with Crippen molar-refractivity contribution in [2.75, 3.05) is 33.7 Å². The summed E-state index contributed by atoms with van der Waals surface area (Å²) in [6.07, 6.45) is -3.16. The summed E-state index contributed by atoms with van der Waals surface area (Å²) in [6.45, 7) is 7.45. The minimum atomic E-state index is -4.77. The van der Waals surface area contributed by atoms with Crippen LogP contribution in [0.1, 0.15) is 110 Å². The number of aliphatic hydroxyl groups excluding tert-OH is 1. The van der Waals surface area contributed by atoms with Gasteiger partial charge in [0.05, 0.1) is 12.1 Å². The smallest absolute Gasteiger partial charge is 0.391 e. The maximum atomic E-state index is 14.7. The topological polar surface area (TPSA) is 172 Å². The molecule has 3 heterocycles. The highest BCUT2D eigenvalue weighted by molar-refractivity contribution is 6.33. The quantitative estimate of drug-likeness (QED) is 0.272. The van der Waals surface area contributed by atoms with E-state index in [2.05, 4.69) is 16.0 Å². The van der Waals surface area contributed by atoms with Crippen LogP contribution in [-0.2, 0) is 35.2 Å². The van der Waals surface area contributed by atoms with Crippen LogP contribution in [0.15, 0.2) is 18.2 Å². The van der Waals surface area contributed by atoms with Crippen molar-refractivity contribution in [1.29, 1.82) is 0 Å². The lowest BCUT2D eigenvalue weighted by Gasteiger charge is -2.41. The predicted octanol–water partition coefficient (Wildman–Crippen LogP) is 4.85. The molecule has 8 atom stereocenters. The first-order chi connectivity index (χ1) is 30.1. The number of aliphatic hydroxyl groups is 1. The molecule has 0 aromatic heterocycles. The molecule has 6 amide bonds. The van der Waals surface area contributed by atoms with Crippen LogP contribution >= 0.6 is 23.2 Å². The van der Waals surface area contributed by atoms with E-state index >= 15 is 0 Å². The van der Waals surface area contributed by atoms with Crippen molar-refractivity contribution in [3.05, 3.63) is 33.8 Å². The number of hydrogen-bond donors (Lipinski definition) is 4. The first-order valence-corrected chi connectivity index (χ1v) is 23.5. The standard InChI is InChI=1S/C45H66Cl2F3N7O7/c1-26(2)21-33-28(4)54(5)37(23-29-22-30(46)15-16-32(29)47)42(63)57-25-31(58)24-36(57)38(59)51-19-11-8-13-34(39(60)53-33)55(6)41(62)27(3)52-40(61)35-14-12-20-56(35)43(64)44(45(48,49)50)17-9-7-10-18-44/h15-16,22,26-28,31,33-37,58H,7-14,17-21,23-25H2,1-6H3,(H,51,59)(H,52,61)(H,53,60)/t27-,28?,31-,33-,34-,35-,36+,37-/m0/s1. The average molecular weight is 945 g/mol. The molecule has 19 heteroatoms. The van der Waals surface area contributed by atoms with Crippen molar-refractivity contribution in [1.82, 2.24) is 35.6 Å². The summed E-state index contributed by atoms with van der Waals surface area (Å²) < 4.78 is 43.6. The van der Waals surface area contributed by atoms with E-state index in [9.17, 15) is 47.0 Å². The zero-order chi connectivity index (χ0) is 47.3. The molecule has 1 unspecified atom stereocenters. The fourth-order valence-electron chi connectivity index (χ4n) is 10.00. The van der Waals surface area contributed by atoms with Gasteiger partial charge in [0.25, 0.3) is 0 Å². The third kappa shape index (κ3) is 11.6. The molecular weight excluding hydrogens is 878 g/mol. The molecule has 4 fully saturated rings. The Morgan fingerprint density at radius 2 is 1.69 bits per heavy atom. The number of alkyl halides is 3. The molecule has 1 aromatic carbocycles. The van der Waals surface area contributed by atoms with Gasteiger partial charge >= 0.3 is 6.18 Å². The van der Waals surface area contributed by atoms with Crippen LogP contribution in [0.25, 0.3) is 0 Å². The van der Waals surface area contributed by atoms with Crippen LogP contribution in [0, 0.1) is 11.3 Å². The van der Waals surface area contributed by atoms with Gasteiger partial charge in [0, 0.05) is 55.2 Å². The predicted molar refractivity (Wildman–Crippen MR) is 236 cm³/mol. The zero-order valence-corrected chi connectivity index (χ0v) is 39.3. The van der Waals surface area contributed by atoms with Crippen molar-refractivity contribution in [3.63, 3.8) is 0 Å². The van der Waals surface area contributed by atoms with Gasteiger partial charge in [0.1, 0.15) is 29.6 Å². The Kier molecular flexibility index (Phi) is 17.4. The van der Waals surface area contributed by atoms with Crippen molar-refractivity contribution in [3.8, 4) is 0 Å². The molecule has 3 saturated heterocycles. The fraction of sp³-hybridized carbons (Fsp3) is 0.733. The number of carbonyl (C=O) groups excluding carboxylic acids is 6. The molecular formula is C45H66Cl2F3N7O7. The summed E-state index contributed by atoms with van der Waals surface area (Å²) >= 11 is 13.0. The molecule has 4 N–H and O–H groups in total. The lowest BCUT2D eigenvalue weighted by molar-refractivity contribution is -0.236. The molecule has 3 aliphatic heterocycles. The number of likely N-dealkylation sites (tertiary alicyclic amines) is 1. The van der Waals surface area contributed by atoms with E-state index < -0.39 is 95.4 Å². The second-order valence-electron chi connectivity index (χ2n) is 18.8. The number of hydrogen-bond acceptors (Lipinski definition) is 8. The third-order valence-electron chi connectivity index (χ3n) is 13.9. The van der Waals surface area contributed by atoms with Gasteiger partial charge in [-0.1, -0.05) is 56.3 Å². The minimum absolute atomic E-state index is 0.00500. The van der Waals surface area contributed by atoms with Gasteiger partial charge in [-0.2, -0.15) is 13.2 Å². The number of nitrogens with zero attached hydrogens (tertiary/aromatic N) is 4. The highest BCUT2D eigenvalue weighted by atomic mass is 35.5. The van der Waals surface area contributed by atoms with Crippen LogP contribution in [0.4, 0.5) is 13.2 Å². The van der Waals surface area contributed by atoms with Crippen LogP contribution in [0.3, 0.4) is 0 Å². The number of rotatable bonds is 9. The highest BCUT2D eigenvalue weighted by Gasteiger charge is 2.62. The fourth-order valence-corrected chi connectivity index (χ4v) is 10.4. The van der Waals surface area contributed by atoms with Gasteiger partial charge in [-0.3, -0.25) is 33.7 Å². The number of benzene rings is 1. The number of carbonyl (C=O) groups is 6. The molecule has 1 aliphatic carbocycles. The largest absolute Gasteiger partial charge is 0.403 e. The van der Waals surface area contributed by atoms with E-state index in [0.717, 1.165) is 4.90 Å². The lowest BCUT2D eigenvalue weighted by atomic mass is 9.72. The molecule has 358 valence electrons. The summed E-state index contributed by atoms with van der Waals surface area (Å²) in [4.78, 5) is 90.0. The van der Waals surface area contributed by atoms with E-state index in [1.54, 1.807) is 25.2 Å². The number of fused-ring (bicyclic) bond motifs is 1. The molecule has 1 saturated carbocycles. The van der Waals surface area contributed by atoms with E-state index in [1.807, 2.05) is 25.7 Å². The van der Waals surface area contributed by atoms with Crippen LogP contribution < -0.4 is 16.0 Å². The second-order valence-corrected chi connectivity index (χ2v) is 19.6. The SMILES string of the molecule is CC(C)C[C@@H]1NC(=O)[C@@H](N(C)C(=O)[C@H](C)NC(=O)[C@@H]2CCCN2C(=O)C2(C(F)(F)F)CCCCC2)CCCCNC(=O)[C@H]2C[C@H](O)CN2C(=O)[C@H](Cc2cc(Cl)ccc2Cl)N(C)C1C. The third-order valence-corrected chi connectivity index (χ3v) is 14.5. The molecule has 0 radical (unpaired) electrons. The molecule has 14 nitrogen and oxygen atoms in total. The Morgan fingerprint density at radius 3 is 2.34 bits per heavy atom. The normalized spacial score (nSPS) is 28.3. The Balaban J connectivity index is 1.39. The summed E-state index contributed by atoms with van der Waals surface area (Å²) in [5.74, 6) is -3.68. The van der Waals surface area contributed by atoms with E-state index in [1.165, 1.54) is 23.8 Å². The van der Waals surface area contributed by atoms with Gasteiger partial charge in [-0.15, -0.1) is 0 Å². The Hall–Kier alpha value is -3.67. The summed E-state index contributed by atoms with van der Waals surface area (Å²) in [7, 11) is 3.21. The summed E-state index contributed by atoms with van der Waals surface area (Å²) in [5, 5.41) is 20.3. The summed E-state index contributed by atoms with van der Waals surface area (Å²) in [5.41, 5.74) is -1.95. The number of likely N-dealkylation sites (N-methyl/N-ethyl adjacent to an activating group) is 2.